The van der Waals surface area contributed by atoms with E-state index >= 15 is 0 Å². The molecular formula is C14H22O2. The number of hydrogen-bond acceptors (Lipinski definition) is 2. The lowest BCUT2D eigenvalue weighted by Gasteiger charge is -2.41. The second-order valence-corrected chi connectivity index (χ2v) is 7.12. The van der Waals surface area contributed by atoms with Gasteiger partial charge in [-0.25, -0.2) is 0 Å². The lowest BCUT2D eigenvalue weighted by molar-refractivity contribution is -0.127. The predicted molar refractivity (Wildman–Crippen MR) is 61.8 cm³/mol. The molecule has 5 atom stereocenters. The first-order chi connectivity index (χ1) is 7.33. The molecule has 90 valence electrons. The third-order valence-electron chi connectivity index (χ3n) is 5.74. The standard InChI is InChI=1S/C14H22O2/c1-13(2,16)9-6-10-12-8(9)7-14(10,3)5-4-11(12)15/h8-10,12,16H,4-7H2,1-3H3/t8-,9+,10+,12-,14+/m1/s1. The van der Waals surface area contributed by atoms with Crippen LogP contribution in [0, 0.1) is 29.1 Å². The smallest absolute Gasteiger partial charge is 0.136 e. The van der Waals surface area contributed by atoms with Crippen LogP contribution in [0.5, 0.6) is 0 Å². The van der Waals surface area contributed by atoms with Crippen LogP contribution in [-0.2, 0) is 4.79 Å². The monoisotopic (exact) mass is 222 g/mol. The molecule has 0 aromatic carbocycles. The summed E-state index contributed by atoms with van der Waals surface area (Å²) in [6.07, 6.45) is 4.11. The molecule has 3 aliphatic carbocycles. The van der Waals surface area contributed by atoms with Crippen LogP contribution in [0.4, 0.5) is 0 Å². The summed E-state index contributed by atoms with van der Waals surface area (Å²) in [7, 11) is 0. The molecule has 0 heterocycles. The van der Waals surface area contributed by atoms with Crippen LogP contribution in [0.1, 0.15) is 46.5 Å². The van der Waals surface area contributed by atoms with Crippen molar-refractivity contribution in [3.05, 3.63) is 0 Å². The van der Waals surface area contributed by atoms with E-state index in [0.29, 0.717) is 29.0 Å². The van der Waals surface area contributed by atoms with Crippen LogP contribution in [-0.4, -0.2) is 16.5 Å². The number of rotatable bonds is 1. The van der Waals surface area contributed by atoms with Crippen LogP contribution in [0.25, 0.3) is 0 Å². The van der Waals surface area contributed by atoms with E-state index in [1.165, 1.54) is 6.42 Å². The van der Waals surface area contributed by atoms with Crippen molar-refractivity contribution in [2.24, 2.45) is 29.1 Å². The third kappa shape index (κ3) is 1.20. The maximum atomic E-state index is 12.0. The van der Waals surface area contributed by atoms with Gasteiger partial charge in [-0.2, -0.15) is 0 Å². The zero-order chi connectivity index (χ0) is 11.7. The van der Waals surface area contributed by atoms with Crippen molar-refractivity contribution in [1.82, 2.24) is 0 Å². The van der Waals surface area contributed by atoms with Crippen molar-refractivity contribution in [2.75, 3.05) is 0 Å². The average Bonchev–Trinajstić information content (AvgIpc) is 2.61. The second-order valence-electron chi connectivity index (χ2n) is 7.12. The summed E-state index contributed by atoms with van der Waals surface area (Å²) in [5.41, 5.74) is -0.200. The van der Waals surface area contributed by atoms with Gasteiger partial charge in [0.05, 0.1) is 5.60 Å². The van der Waals surface area contributed by atoms with E-state index in [1.54, 1.807) is 0 Å². The maximum Gasteiger partial charge on any atom is 0.136 e. The van der Waals surface area contributed by atoms with Crippen molar-refractivity contribution in [3.63, 3.8) is 0 Å². The molecule has 0 aromatic rings. The summed E-state index contributed by atoms with van der Waals surface area (Å²) < 4.78 is 0. The van der Waals surface area contributed by atoms with E-state index in [1.807, 2.05) is 13.8 Å². The Bertz CT molecular complexity index is 341. The summed E-state index contributed by atoms with van der Waals surface area (Å²) in [5, 5.41) is 10.2. The number of hydrogen-bond donors (Lipinski definition) is 1. The molecule has 3 saturated carbocycles. The molecule has 0 aliphatic heterocycles. The van der Waals surface area contributed by atoms with E-state index in [4.69, 9.17) is 0 Å². The Labute approximate surface area is 97.4 Å². The van der Waals surface area contributed by atoms with Gasteiger partial charge in [-0.3, -0.25) is 4.79 Å². The molecule has 0 radical (unpaired) electrons. The van der Waals surface area contributed by atoms with Gasteiger partial charge < -0.3 is 5.11 Å². The SMILES string of the molecule is CC(C)(O)[C@H]1C[C@H]2[C@@H]3C(=O)CC[C@@]2(C)C[C@@H]31. The number of carbonyl (C=O) groups excluding carboxylic acids is 1. The van der Waals surface area contributed by atoms with Gasteiger partial charge in [0.15, 0.2) is 0 Å². The van der Waals surface area contributed by atoms with Gasteiger partial charge in [-0.05, 0) is 56.3 Å². The van der Waals surface area contributed by atoms with Crippen molar-refractivity contribution >= 4 is 5.78 Å². The summed E-state index contributed by atoms with van der Waals surface area (Å²) in [6.45, 7) is 6.18. The Balaban J connectivity index is 1.95. The Kier molecular flexibility index (Phi) is 1.95. The average molecular weight is 222 g/mol. The Hall–Kier alpha value is -0.370. The number of carbonyl (C=O) groups is 1. The molecule has 0 aromatic heterocycles. The van der Waals surface area contributed by atoms with E-state index in [2.05, 4.69) is 6.92 Å². The van der Waals surface area contributed by atoms with Gasteiger partial charge in [0.2, 0.25) is 0 Å². The van der Waals surface area contributed by atoms with E-state index in [-0.39, 0.29) is 5.92 Å². The summed E-state index contributed by atoms with van der Waals surface area (Å²) in [6, 6.07) is 0. The quantitative estimate of drug-likeness (QED) is 0.739. The van der Waals surface area contributed by atoms with Crippen LogP contribution in [0.3, 0.4) is 0 Å². The Morgan fingerprint density at radius 2 is 2.12 bits per heavy atom. The van der Waals surface area contributed by atoms with E-state index < -0.39 is 5.60 Å². The summed E-state index contributed by atoms with van der Waals surface area (Å²) in [4.78, 5) is 12.0. The first-order valence-corrected chi connectivity index (χ1v) is 6.58. The highest BCUT2D eigenvalue weighted by molar-refractivity contribution is 5.84. The molecular weight excluding hydrogens is 200 g/mol. The van der Waals surface area contributed by atoms with Crippen molar-refractivity contribution in [1.29, 1.82) is 0 Å². The minimum atomic E-state index is -0.608. The molecule has 3 rings (SSSR count). The van der Waals surface area contributed by atoms with Gasteiger partial charge in [-0.15, -0.1) is 0 Å². The molecule has 4 bridgehead atoms. The van der Waals surface area contributed by atoms with Crippen molar-refractivity contribution in [3.8, 4) is 0 Å². The first kappa shape index (κ1) is 10.8. The lowest BCUT2D eigenvalue weighted by atomic mass is 9.64. The van der Waals surface area contributed by atoms with E-state index in [9.17, 15) is 9.90 Å². The molecule has 0 spiro atoms. The largest absolute Gasteiger partial charge is 0.390 e. The van der Waals surface area contributed by atoms with Gasteiger partial charge in [0.25, 0.3) is 0 Å². The Morgan fingerprint density at radius 3 is 2.69 bits per heavy atom. The second kappa shape index (κ2) is 2.90. The molecule has 16 heavy (non-hydrogen) atoms. The predicted octanol–water partition coefficient (Wildman–Crippen LogP) is 2.40. The molecule has 2 heteroatoms. The van der Waals surface area contributed by atoms with Gasteiger partial charge in [0, 0.05) is 12.3 Å². The zero-order valence-electron chi connectivity index (χ0n) is 10.5. The fraction of sp³-hybridized carbons (Fsp3) is 0.929. The number of Topliss-reactive ketones (excluding diaryl/α,β-unsaturated/α-hetero) is 1. The summed E-state index contributed by atoms with van der Waals surface area (Å²) in [5.74, 6) is 2.14. The van der Waals surface area contributed by atoms with Gasteiger partial charge in [0.1, 0.15) is 5.78 Å². The minimum Gasteiger partial charge on any atom is -0.390 e. The zero-order valence-corrected chi connectivity index (χ0v) is 10.5. The van der Waals surface area contributed by atoms with Crippen molar-refractivity contribution < 1.29 is 9.90 Å². The maximum absolute atomic E-state index is 12.0. The van der Waals surface area contributed by atoms with Crippen LogP contribution in [0.15, 0.2) is 0 Å². The molecule has 0 saturated heterocycles. The molecule has 2 nitrogen and oxygen atoms in total. The first-order valence-electron chi connectivity index (χ1n) is 6.58. The highest BCUT2D eigenvalue weighted by atomic mass is 16.3. The highest BCUT2D eigenvalue weighted by Gasteiger charge is 2.64. The number of aliphatic hydroxyl groups is 1. The van der Waals surface area contributed by atoms with E-state index in [0.717, 1.165) is 19.3 Å². The van der Waals surface area contributed by atoms with Crippen LogP contribution >= 0.6 is 0 Å². The molecule has 1 N–H and O–H groups in total. The number of ketones is 1. The van der Waals surface area contributed by atoms with Gasteiger partial charge in [-0.1, -0.05) is 6.92 Å². The van der Waals surface area contributed by atoms with Crippen LogP contribution in [0.2, 0.25) is 0 Å². The third-order valence-corrected chi connectivity index (χ3v) is 5.74. The minimum absolute atomic E-state index is 0.287. The van der Waals surface area contributed by atoms with Crippen molar-refractivity contribution in [2.45, 2.75) is 52.1 Å². The Morgan fingerprint density at radius 1 is 1.44 bits per heavy atom. The van der Waals surface area contributed by atoms with Crippen LogP contribution < -0.4 is 0 Å². The highest BCUT2D eigenvalue weighted by Crippen LogP contribution is 2.67. The summed E-state index contributed by atoms with van der Waals surface area (Å²) >= 11 is 0. The molecule has 3 fully saturated rings. The molecule has 0 unspecified atom stereocenters. The molecule has 0 amide bonds. The fourth-order valence-corrected chi connectivity index (χ4v) is 4.96. The van der Waals surface area contributed by atoms with Gasteiger partial charge >= 0.3 is 0 Å². The molecule has 3 aliphatic rings. The normalized spacial score (nSPS) is 51.1. The lowest BCUT2D eigenvalue weighted by Crippen LogP contribution is -2.38. The topological polar surface area (TPSA) is 37.3 Å². The fourth-order valence-electron chi connectivity index (χ4n) is 4.96.